The minimum Gasteiger partial charge on any atom is -0.353 e. The fourth-order valence-corrected chi connectivity index (χ4v) is 2.91. The van der Waals surface area contributed by atoms with Crippen LogP contribution in [-0.2, 0) is 0 Å². The number of pyridine rings is 1. The summed E-state index contributed by atoms with van der Waals surface area (Å²) >= 11 is 0. The van der Waals surface area contributed by atoms with Crippen LogP contribution in [0.4, 0.5) is 5.82 Å². The van der Waals surface area contributed by atoms with E-state index < -0.39 is 0 Å². The Hall–Kier alpha value is -1.97. The molecule has 3 heterocycles. The maximum atomic E-state index is 4.85. The van der Waals surface area contributed by atoms with Crippen LogP contribution < -0.4 is 4.90 Å². The fourth-order valence-electron chi connectivity index (χ4n) is 2.91. The van der Waals surface area contributed by atoms with Gasteiger partial charge in [-0.2, -0.15) is 0 Å². The molecule has 1 aliphatic rings. The number of nitrogens with zero attached hydrogens (tertiary/aromatic N) is 4. The molecule has 2 aromatic rings. The number of aromatic nitrogens is 3. The molecule has 0 aromatic carbocycles. The Kier molecular flexibility index (Phi) is 3.62. The highest BCUT2D eigenvalue weighted by molar-refractivity contribution is 5.60. The maximum Gasteiger partial charge on any atom is 0.163 e. The SMILES string of the molecule is Cc1nc(-c2cccnc2)nc(N2CCC(C)C2C)c1C. The van der Waals surface area contributed by atoms with E-state index >= 15 is 0 Å². The van der Waals surface area contributed by atoms with Crippen molar-refractivity contribution >= 4 is 5.82 Å². The first kappa shape index (κ1) is 14.0. The number of anilines is 1. The average Bonchev–Trinajstić information content (AvgIpc) is 2.83. The molecule has 4 nitrogen and oxygen atoms in total. The quantitative estimate of drug-likeness (QED) is 0.846. The molecule has 1 fully saturated rings. The van der Waals surface area contributed by atoms with Gasteiger partial charge in [-0.05, 0) is 45.2 Å². The maximum absolute atomic E-state index is 4.85. The van der Waals surface area contributed by atoms with Crippen molar-refractivity contribution in [2.24, 2.45) is 5.92 Å². The van der Waals surface area contributed by atoms with E-state index in [-0.39, 0.29) is 0 Å². The van der Waals surface area contributed by atoms with Crippen molar-refractivity contribution < 1.29 is 0 Å². The molecule has 0 spiro atoms. The predicted octanol–water partition coefficient (Wildman–Crippen LogP) is 3.39. The van der Waals surface area contributed by atoms with Gasteiger partial charge < -0.3 is 4.90 Å². The summed E-state index contributed by atoms with van der Waals surface area (Å²) < 4.78 is 0. The molecule has 3 rings (SSSR count). The first-order valence-electron chi connectivity index (χ1n) is 7.60. The molecule has 1 saturated heterocycles. The minimum absolute atomic E-state index is 0.528. The smallest absolute Gasteiger partial charge is 0.163 e. The highest BCUT2D eigenvalue weighted by Gasteiger charge is 2.30. The first-order chi connectivity index (χ1) is 10.1. The van der Waals surface area contributed by atoms with E-state index in [1.807, 2.05) is 18.3 Å². The molecule has 0 aliphatic carbocycles. The van der Waals surface area contributed by atoms with E-state index in [1.165, 1.54) is 12.0 Å². The summed E-state index contributed by atoms with van der Waals surface area (Å²) in [5.74, 6) is 2.56. The molecule has 0 saturated carbocycles. The van der Waals surface area contributed by atoms with Crippen molar-refractivity contribution in [1.29, 1.82) is 0 Å². The van der Waals surface area contributed by atoms with Gasteiger partial charge in [0.15, 0.2) is 5.82 Å². The van der Waals surface area contributed by atoms with Crippen molar-refractivity contribution in [2.75, 3.05) is 11.4 Å². The van der Waals surface area contributed by atoms with Crippen LogP contribution in [0.1, 0.15) is 31.5 Å². The van der Waals surface area contributed by atoms with Crippen molar-refractivity contribution in [3.8, 4) is 11.4 Å². The molecule has 4 heteroatoms. The second kappa shape index (κ2) is 5.43. The Morgan fingerprint density at radius 3 is 2.62 bits per heavy atom. The van der Waals surface area contributed by atoms with Gasteiger partial charge in [0, 0.05) is 41.8 Å². The molecule has 0 radical (unpaired) electrons. The summed E-state index contributed by atoms with van der Waals surface area (Å²) in [5, 5.41) is 0. The summed E-state index contributed by atoms with van der Waals surface area (Å²) in [5.41, 5.74) is 3.20. The average molecular weight is 282 g/mol. The van der Waals surface area contributed by atoms with Gasteiger partial charge in [0.25, 0.3) is 0 Å². The molecule has 110 valence electrons. The zero-order valence-electron chi connectivity index (χ0n) is 13.2. The van der Waals surface area contributed by atoms with Crippen molar-refractivity contribution in [3.63, 3.8) is 0 Å². The lowest BCUT2D eigenvalue weighted by Gasteiger charge is -2.27. The van der Waals surface area contributed by atoms with Crippen molar-refractivity contribution in [2.45, 2.75) is 40.2 Å². The number of hydrogen-bond donors (Lipinski definition) is 0. The molecule has 0 amide bonds. The van der Waals surface area contributed by atoms with Crippen LogP contribution in [-0.4, -0.2) is 27.5 Å². The Labute approximate surface area is 126 Å². The lowest BCUT2D eigenvalue weighted by atomic mass is 10.1. The zero-order valence-corrected chi connectivity index (χ0v) is 13.2. The minimum atomic E-state index is 0.528. The van der Waals surface area contributed by atoms with Crippen molar-refractivity contribution in [1.82, 2.24) is 15.0 Å². The third-order valence-electron chi connectivity index (χ3n) is 4.70. The van der Waals surface area contributed by atoms with Gasteiger partial charge in [-0.25, -0.2) is 9.97 Å². The lowest BCUT2D eigenvalue weighted by molar-refractivity contribution is 0.544. The summed E-state index contributed by atoms with van der Waals surface area (Å²) in [6.45, 7) is 9.86. The molecular weight excluding hydrogens is 260 g/mol. The summed E-state index contributed by atoms with van der Waals surface area (Å²) in [4.78, 5) is 16.1. The monoisotopic (exact) mass is 282 g/mol. The van der Waals surface area contributed by atoms with Gasteiger partial charge in [-0.15, -0.1) is 0 Å². The standard InChI is InChI=1S/C17H22N4/c1-11-7-9-21(14(11)4)17-12(2)13(3)19-16(20-17)15-6-5-8-18-10-15/h5-6,8,10-11,14H,7,9H2,1-4H3. The van der Waals surface area contributed by atoms with E-state index in [9.17, 15) is 0 Å². The van der Waals surface area contributed by atoms with E-state index in [0.29, 0.717) is 12.0 Å². The van der Waals surface area contributed by atoms with E-state index in [1.54, 1.807) is 6.20 Å². The third-order valence-corrected chi connectivity index (χ3v) is 4.70. The van der Waals surface area contributed by atoms with Gasteiger partial charge in [-0.3, -0.25) is 4.98 Å². The first-order valence-corrected chi connectivity index (χ1v) is 7.60. The van der Waals surface area contributed by atoms with Crippen LogP contribution in [0.2, 0.25) is 0 Å². The molecule has 21 heavy (non-hydrogen) atoms. The Bertz CT molecular complexity index is 639. The summed E-state index contributed by atoms with van der Waals surface area (Å²) in [6, 6.07) is 4.46. The topological polar surface area (TPSA) is 41.9 Å². The normalized spacial score (nSPS) is 21.8. The van der Waals surface area contributed by atoms with Gasteiger partial charge in [-0.1, -0.05) is 6.92 Å². The Morgan fingerprint density at radius 1 is 1.19 bits per heavy atom. The van der Waals surface area contributed by atoms with Crippen LogP contribution in [0.3, 0.4) is 0 Å². The number of rotatable bonds is 2. The van der Waals surface area contributed by atoms with Gasteiger partial charge in [0.05, 0.1) is 0 Å². The van der Waals surface area contributed by atoms with Gasteiger partial charge in [0.2, 0.25) is 0 Å². The summed E-state index contributed by atoms with van der Waals surface area (Å²) in [7, 11) is 0. The molecule has 2 unspecified atom stereocenters. The van der Waals surface area contributed by atoms with Gasteiger partial charge in [0.1, 0.15) is 5.82 Å². The van der Waals surface area contributed by atoms with E-state index in [4.69, 9.17) is 4.98 Å². The Balaban J connectivity index is 2.07. The number of aryl methyl sites for hydroxylation is 1. The van der Waals surface area contributed by atoms with Crippen LogP contribution in [0, 0.1) is 19.8 Å². The van der Waals surface area contributed by atoms with Crippen LogP contribution >= 0.6 is 0 Å². The van der Waals surface area contributed by atoms with Gasteiger partial charge >= 0.3 is 0 Å². The fraction of sp³-hybridized carbons (Fsp3) is 0.471. The van der Waals surface area contributed by atoms with E-state index in [2.05, 4.69) is 42.6 Å². The number of hydrogen-bond acceptors (Lipinski definition) is 4. The largest absolute Gasteiger partial charge is 0.353 e. The molecule has 0 bridgehead atoms. The molecule has 2 atom stereocenters. The second-order valence-electron chi connectivity index (χ2n) is 6.02. The summed E-state index contributed by atoms with van der Waals surface area (Å²) in [6.07, 6.45) is 4.82. The third kappa shape index (κ3) is 2.50. The van der Waals surface area contributed by atoms with Crippen LogP contribution in [0.15, 0.2) is 24.5 Å². The molecule has 2 aromatic heterocycles. The predicted molar refractivity (Wildman–Crippen MR) is 85.3 cm³/mol. The van der Waals surface area contributed by atoms with Crippen LogP contribution in [0.25, 0.3) is 11.4 Å². The highest BCUT2D eigenvalue weighted by Crippen LogP contribution is 2.32. The van der Waals surface area contributed by atoms with Crippen LogP contribution in [0.5, 0.6) is 0 Å². The molecule has 1 aliphatic heterocycles. The van der Waals surface area contributed by atoms with Crippen molar-refractivity contribution in [3.05, 3.63) is 35.8 Å². The lowest BCUT2D eigenvalue weighted by Crippen LogP contribution is -2.31. The molecular formula is C17H22N4. The Morgan fingerprint density at radius 2 is 2.00 bits per heavy atom. The molecule has 0 N–H and O–H groups in total. The van der Waals surface area contributed by atoms with E-state index in [0.717, 1.165) is 29.4 Å². The second-order valence-corrected chi connectivity index (χ2v) is 6.02. The zero-order chi connectivity index (χ0) is 15.0. The highest BCUT2D eigenvalue weighted by atomic mass is 15.2.